The molecule has 88 valence electrons. The van der Waals surface area contributed by atoms with E-state index in [1.54, 1.807) is 0 Å². The van der Waals surface area contributed by atoms with Crippen LogP contribution in [0.5, 0.6) is 0 Å². The van der Waals surface area contributed by atoms with Crippen LogP contribution in [0.2, 0.25) is 0 Å². The summed E-state index contributed by atoms with van der Waals surface area (Å²) in [6, 6.07) is 9.81. The van der Waals surface area contributed by atoms with E-state index in [1.807, 2.05) is 0 Å². The van der Waals surface area contributed by atoms with Gasteiger partial charge < -0.3 is 10.6 Å². The van der Waals surface area contributed by atoms with Crippen molar-refractivity contribution in [2.45, 2.75) is 38.4 Å². The molecule has 0 saturated heterocycles. The van der Waals surface area contributed by atoms with Crippen molar-refractivity contribution in [3.8, 4) is 0 Å². The lowest BCUT2D eigenvalue weighted by atomic mass is 10.2. The van der Waals surface area contributed by atoms with Gasteiger partial charge in [0.1, 0.15) is 0 Å². The zero-order chi connectivity index (χ0) is 11.4. The summed E-state index contributed by atoms with van der Waals surface area (Å²) >= 11 is 3.44. The zero-order valence-electron chi connectivity index (χ0n) is 9.67. The summed E-state index contributed by atoms with van der Waals surface area (Å²) in [7, 11) is 0. The topological polar surface area (TPSA) is 24.1 Å². The quantitative estimate of drug-likeness (QED) is 0.838. The third-order valence-electron chi connectivity index (χ3n) is 2.86. The van der Waals surface area contributed by atoms with E-state index in [9.17, 15) is 0 Å². The first kappa shape index (κ1) is 12.1. The molecule has 0 aliphatic heterocycles. The molecule has 0 aromatic heterocycles. The molecule has 1 unspecified atom stereocenters. The fourth-order valence-corrected chi connectivity index (χ4v) is 1.86. The van der Waals surface area contributed by atoms with Crippen molar-refractivity contribution in [3.63, 3.8) is 0 Å². The molecule has 1 aliphatic rings. The summed E-state index contributed by atoms with van der Waals surface area (Å²) in [5, 5.41) is 7.06. The van der Waals surface area contributed by atoms with Gasteiger partial charge in [0.05, 0.1) is 0 Å². The summed E-state index contributed by atoms with van der Waals surface area (Å²) in [4.78, 5) is 0. The van der Waals surface area contributed by atoms with E-state index in [0.29, 0.717) is 6.04 Å². The molecule has 1 aromatic rings. The predicted molar refractivity (Wildman–Crippen MR) is 71.5 cm³/mol. The van der Waals surface area contributed by atoms with Crippen molar-refractivity contribution >= 4 is 15.9 Å². The first-order valence-electron chi connectivity index (χ1n) is 5.95. The van der Waals surface area contributed by atoms with E-state index >= 15 is 0 Å². The molecule has 2 rings (SSSR count). The van der Waals surface area contributed by atoms with Gasteiger partial charge in [-0.05, 0) is 37.5 Å². The second-order valence-electron chi connectivity index (χ2n) is 4.59. The molecule has 2 N–H and O–H groups in total. The number of hydrogen-bond acceptors (Lipinski definition) is 2. The van der Waals surface area contributed by atoms with Crippen LogP contribution in [0.4, 0.5) is 0 Å². The van der Waals surface area contributed by atoms with Gasteiger partial charge in [-0.1, -0.05) is 28.1 Å². The molecular weight excluding hydrogens is 264 g/mol. The van der Waals surface area contributed by atoms with Crippen molar-refractivity contribution in [3.05, 3.63) is 34.3 Å². The van der Waals surface area contributed by atoms with Gasteiger partial charge in [-0.15, -0.1) is 0 Å². The van der Waals surface area contributed by atoms with Crippen molar-refractivity contribution in [1.29, 1.82) is 0 Å². The predicted octanol–water partition coefficient (Wildman–Crippen LogP) is 2.68. The van der Waals surface area contributed by atoms with Crippen LogP contribution < -0.4 is 10.6 Å². The highest BCUT2D eigenvalue weighted by Crippen LogP contribution is 2.18. The second-order valence-corrected chi connectivity index (χ2v) is 5.51. The molecule has 0 amide bonds. The largest absolute Gasteiger partial charge is 0.312 e. The lowest BCUT2D eigenvalue weighted by molar-refractivity contribution is 0.500. The van der Waals surface area contributed by atoms with Gasteiger partial charge in [-0.2, -0.15) is 0 Å². The van der Waals surface area contributed by atoms with Crippen LogP contribution in [0.25, 0.3) is 0 Å². The van der Waals surface area contributed by atoms with Gasteiger partial charge in [0, 0.05) is 29.6 Å². The highest BCUT2D eigenvalue weighted by Gasteiger charge is 2.20. The van der Waals surface area contributed by atoms with Gasteiger partial charge in [-0.3, -0.25) is 0 Å². The highest BCUT2D eigenvalue weighted by molar-refractivity contribution is 9.10. The Bertz CT molecular complexity index is 319. The van der Waals surface area contributed by atoms with Crippen molar-refractivity contribution < 1.29 is 0 Å². The van der Waals surface area contributed by atoms with Gasteiger partial charge >= 0.3 is 0 Å². The lowest BCUT2D eigenvalue weighted by Crippen LogP contribution is -2.36. The SMILES string of the molecule is CC(CNC1CC1)NCc1ccc(Br)cc1. The Morgan fingerprint density at radius 3 is 2.62 bits per heavy atom. The molecule has 1 fully saturated rings. The van der Waals surface area contributed by atoms with E-state index in [1.165, 1.54) is 18.4 Å². The minimum Gasteiger partial charge on any atom is -0.312 e. The molecule has 2 nitrogen and oxygen atoms in total. The van der Waals surface area contributed by atoms with Crippen LogP contribution in [-0.2, 0) is 6.54 Å². The fraction of sp³-hybridized carbons (Fsp3) is 0.538. The molecule has 0 radical (unpaired) electrons. The summed E-state index contributed by atoms with van der Waals surface area (Å²) < 4.78 is 1.14. The van der Waals surface area contributed by atoms with E-state index in [4.69, 9.17) is 0 Å². The Kier molecular flexibility index (Phi) is 4.38. The van der Waals surface area contributed by atoms with Crippen LogP contribution in [0.15, 0.2) is 28.7 Å². The monoisotopic (exact) mass is 282 g/mol. The van der Waals surface area contributed by atoms with Crippen LogP contribution in [0.3, 0.4) is 0 Å². The molecule has 0 spiro atoms. The van der Waals surface area contributed by atoms with E-state index < -0.39 is 0 Å². The van der Waals surface area contributed by atoms with Crippen LogP contribution in [0, 0.1) is 0 Å². The average Bonchev–Trinajstić information content (AvgIpc) is 3.09. The first-order valence-corrected chi connectivity index (χ1v) is 6.74. The maximum absolute atomic E-state index is 3.53. The summed E-state index contributed by atoms with van der Waals surface area (Å²) in [6.07, 6.45) is 2.72. The Morgan fingerprint density at radius 1 is 1.31 bits per heavy atom. The molecular formula is C13H19BrN2. The van der Waals surface area contributed by atoms with Crippen molar-refractivity contribution in [2.75, 3.05) is 6.54 Å². The highest BCUT2D eigenvalue weighted by atomic mass is 79.9. The molecule has 3 heteroatoms. The maximum Gasteiger partial charge on any atom is 0.0208 e. The van der Waals surface area contributed by atoms with Crippen molar-refractivity contribution in [2.24, 2.45) is 0 Å². The maximum atomic E-state index is 3.53. The summed E-state index contributed by atoms with van der Waals surface area (Å²) in [6.45, 7) is 4.25. The minimum atomic E-state index is 0.532. The Labute approximate surface area is 106 Å². The zero-order valence-corrected chi connectivity index (χ0v) is 11.3. The van der Waals surface area contributed by atoms with E-state index in [-0.39, 0.29) is 0 Å². The van der Waals surface area contributed by atoms with Gasteiger partial charge in [0.15, 0.2) is 0 Å². The summed E-state index contributed by atoms with van der Waals surface area (Å²) in [5.74, 6) is 0. The molecule has 16 heavy (non-hydrogen) atoms. The Hall–Kier alpha value is -0.380. The van der Waals surface area contributed by atoms with Crippen molar-refractivity contribution in [1.82, 2.24) is 10.6 Å². The van der Waals surface area contributed by atoms with Crippen LogP contribution >= 0.6 is 15.9 Å². The van der Waals surface area contributed by atoms with E-state index in [2.05, 4.69) is 57.8 Å². The Morgan fingerprint density at radius 2 is 2.00 bits per heavy atom. The normalized spacial score (nSPS) is 17.4. The Balaban J connectivity index is 1.67. The number of hydrogen-bond donors (Lipinski definition) is 2. The molecule has 0 bridgehead atoms. The minimum absolute atomic E-state index is 0.532. The number of rotatable bonds is 6. The van der Waals surface area contributed by atoms with Gasteiger partial charge in [-0.25, -0.2) is 0 Å². The van der Waals surface area contributed by atoms with Gasteiger partial charge in [0.2, 0.25) is 0 Å². The third-order valence-corrected chi connectivity index (χ3v) is 3.39. The average molecular weight is 283 g/mol. The van der Waals surface area contributed by atoms with Crippen LogP contribution in [-0.4, -0.2) is 18.6 Å². The summed E-state index contributed by atoms with van der Waals surface area (Å²) in [5.41, 5.74) is 1.33. The second kappa shape index (κ2) is 5.80. The number of halogens is 1. The van der Waals surface area contributed by atoms with Crippen LogP contribution in [0.1, 0.15) is 25.3 Å². The number of nitrogens with one attached hydrogen (secondary N) is 2. The first-order chi connectivity index (χ1) is 7.74. The number of benzene rings is 1. The molecule has 1 atom stereocenters. The standard InChI is InChI=1S/C13H19BrN2/c1-10(8-16-13-6-7-13)15-9-11-2-4-12(14)5-3-11/h2-5,10,13,15-16H,6-9H2,1H3. The molecule has 1 aromatic carbocycles. The fourth-order valence-electron chi connectivity index (χ4n) is 1.60. The van der Waals surface area contributed by atoms with Gasteiger partial charge in [0.25, 0.3) is 0 Å². The third kappa shape index (κ3) is 4.24. The van der Waals surface area contributed by atoms with E-state index in [0.717, 1.165) is 23.6 Å². The smallest absolute Gasteiger partial charge is 0.0208 e. The molecule has 1 saturated carbocycles. The molecule has 1 aliphatic carbocycles. The lowest BCUT2D eigenvalue weighted by Gasteiger charge is -2.14. The molecule has 0 heterocycles.